The molecule has 0 spiro atoms. The average molecular weight is 205 g/mol. The predicted molar refractivity (Wildman–Crippen MR) is 56.2 cm³/mol. The van der Waals surface area contributed by atoms with Crippen LogP contribution < -0.4 is 5.46 Å². The number of hydrogen-bond acceptors (Lipinski definition) is 4. The molecule has 0 aromatic carbocycles. The molecule has 1 N–H and O–H groups in total. The Morgan fingerprint density at radius 1 is 1.57 bits per heavy atom. The van der Waals surface area contributed by atoms with Gasteiger partial charge >= 0.3 is 0 Å². The molecule has 0 fully saturated rings. The summed E-state index contributed by atoms with van der Waals surface area (Å²) in [6, 6.07) is 1.85. The molecule has 0 aliphatic rings. The lowest BCUT2D eigenvalue weighted by molar-refractivity contribution is 0.322. The lowest BCUT2D eigenvalue weighted by Gasteiger charge is -1.99. The molecule has 4 nitrogen and oxygen atoms in total. The summed E-state index contributed by atoms with van der Waals surface area (Å²) in [6.07, 6.45) is 3.38. The summed E-state index contributed by atoms with van der Waals surface area (Å²) < 4.78 is 1.62. The third-order valence-electron chi connectivity index (χ3n) is 1.71. The Labute approximate surface area is 86.8 Å². The van der Waals surface area contributed by atoms with Crippen molar-refractivity contribution in [1.29, 1.82) is 0 Å². The van der Waals surface area contributed by atoms with Gasteiger partial charge in [0.25, 0.3) is 0 Å². The number of aromatic nitrogens is 3. The zero-order chi connectivity index (χ0) is 9.97. The van der Waals surface area contributed by atoms with Crippen LogP contribution in [-0.2, 0) is 0 Å². The highest BCUT2D eigenvalue weighted by molar-refractivity contribution is 7.99. The van der Waals surface area contributed by atoms with Crippen LogP contribution in [0.5, 0.6) is 0 Å². The van der Waals surface area contributed by atoms with E-state index in [1.54, 1.807) is 16.9 Å². The molecule has 2 aromatic rings. The first-order chi connectivity index (χ1) is 6.81. The van der Waals surface area contributed by atoms with Crippen LogP contribution in [0.4, 0.5) is 0 Å². The Morgan fingerprint density at radius 2 is 2.43 bits per heavy atom. The Balaban J connectivity index is 2.34. The van der Waals surface area contributed by atoms with E-state index in [2.05, 4.69) is 10.1 Å². The molecule has 0 unspecified atom stereocenters. The van der Waals surface area contributed by atoms with Crippen molar-refractivity contribution in [2.45, 2.75) is 5.03 Å². The van der Waals surface area contributed by atoms with Gasteiger partial charge in [-0.15, -0.1) is 11.8 Å². The molecule has 0 aliphatic heterocycles. The zero-order valence-corrected chi connectivity index (χ0v) is 8.24. The van der Waals surface area contributed by atoms with E-state index in [1.165, 1.54) is 11.8 Å². The van der Waals surface area contributed by atoms with Gasteiger partial charge in [0.1, 0.15) is 18.5 Å². The molecule has 0 saturated carbocycles. The van der Waals surface area contributed by atoms with E-state index in [0.717, 1.165) is 5.03 Å². The number of nitrogens with zero attached hydrogens (tertiary/aromatic N) is 3. The van der Waals surface area contributed by atoms with Gasteiger partial charge in [-0.05, 0) is 11.5 Å². The maximum Gasteiger partial charge on any atom is 0.149 e. The first-order valence-corrected chi connectivity index (χ1v) is 5.13. The second-order valence-electron chi connectivity index (χ2n) is 2.71. The number of aliphatic hydroxyl groups is 1. The van der Waals surface area contributed by atoms with Gasteiger partial charge in [0.05, 0.1) is 6.61 Å². The van der Waals surface area contributed by atoms with Crippen molar-refractivity contribution in [3.05, 3.63) is 18.5 Å². The Hall–Kier alpha value is -1.01. The predicted octanol–water partition coefficient (Wildman–Crippen LogP) is -0.393. The van der Waals surface area contributed by atoms with Crippen LogP contribution in [0.1, 0.15) is 0 Å². The number of hydrogen-bond donors (Lipinski definition) is 1. The van der Waals surface area contributed by atoms with Crippen LogP contribution in [0.15, 0.2) is 23.5 Å². The molecule has 0 atom stereocenters. The largest absolute Gasteiger partial charge is 0.396 e. The molecule has 2 aromatic heterocycles. The van der Waals surface area contributed by atoms with E-state index in [4.69, 9.17) is 13.0 Å². The summed E-state index contributed by atoms with van der Waals surface area (Å²) in [5, 5.41) is 13.5. The third-order valence-corrected chi connectivity index (χ3v) is 2.62. The van der Waals surface area contributed by atoms with Crippen molar-refractivity contribution in [2.24, 2.45) is 0 Å². The Morgan fingerprint density at radius 3 is 3.21 bits per heavy atom. The topological polar surface area (TPSA) is 50.4 Å². The zero-order valence-electron chi connectivity index (χ0n) is 7.42. The molecule has 6 heteroatoms. The smallest absolute Gasteiger partial charge is 0.149 e. The molecule has 2 rings (SSSR count). The monoisotopic (exact) mass is 205 g/mol. The van der Waals surface area contributed by atoms with Gasteiger partial charge in [0, 0.05) is 18.1 Å². The van der Waals surface area contributed by atoms with E-state index in [9.17, 15) is 0 Å². The SMILES string of the molecule is [B]c1cnn2ccc(SCCO)nc12. The lowest BCUT2D eigenvalue weighted by Crippen LogP contribution is -2.03. The van der Waals surface area contributed by atoms with Gasteiger partial charge in [-0.3, -0.25) is 0 Å². The lowest BCUT2D eigenvalue weighted by atomic mass is 10.0. The van der Waals surface area contributed by atoms with Crippen molar-refractivity contribution in [1.82, 2.24) is 14.6 Å². The fourth-order valence-electron chi connectivity index (χ4n) is 1.10. The minimum Gasteiger partial charge on any atom is -0.396 e. The van der Waals surface area contributed by atoms with Crippen molar-refractivity contribution >= 4 is 30.7 Å². The summed E-state index contributed by atoms with van der Waals surface area (Å²) in [5.74, 6) is 0.636. The summed E-state index contributed by atoms with van der Waals surface area (Å²) in [5.41, 5.74) is 1.23. The van der Waals surface area contributed by atoms with Gasteiger partial charge in [0.2, 0.25) is 0 Å². The molecule has 2 radical (unpaired) electrons. The van der Waals surface area contributed by atoms with Crippen LogP contribution >= 0.6 is 11.8 Å². The van der Waals surface area contributed by atoms with Gasteiger partial charge in [0.15, 0.2) is 0 Å². The van der Waals surface area contributed by atoms with Crippen molar-refractivity contribution in [2.75, 3.05) is 12.4 Å². The molecule has 0 bridgehead atoms. The van der Waals surface area contributed by atoms with Crippen LogP contribution in [0.25, 0.3) is 5.65 Å². The van der Waals surface area contributed by atoms with Gasteiger partial charge in [-0.2, -0.15) is 5.10 Å². The van der Waals surface area contributed by atoms with Crippen molar-refractivity contribution in [3.8, 4) is 0 Å². The second kappa shape index (κ2) is 4.02. The molecule has 14 heavy (non-hydrogen) atoms. The molecular weight excluding hydrogens is 197 g/mol. The molecule has 0 aliphatic carbocycles. The highest BCUT2D eigenvalue weighted by Gasteiger charge is 2.02. The van der Waals surface area contributed by atoms with Gasteiger partial charge in [-0.25, -0.2) is 9.50 Å². The van der Waals surface area contributed by atoms with Crippen molar-refractivity contribution in [3.63, 3.8) is 0 Å². The van der Waals surface area contributed by atoms with Crippen LogP contribution in [0.2, 0.25) is 0 Å². The highest BCUT2D eigenvalue weighted by atomic mass is 32.2. The van der Waals surface area contributed by atoms with E-state index in [0.29, 0.717) is 16.9 Å². The maximum atomic E-state index is 8.66. The number of fused-ring (bicyclic) bond motifs is 1. The fraction of sp³-hybridized carbons (Fsp3) is 0.250. The van der Waals surface area contributed by atoms with E-state index in [-0.39, 0.29) is 6.61 Å². The molecular formula is C8H8BN3OS. The Kier molecular flexibility index (Phi) is 2.74. The maximum absolute atomic E-state index is 8.66. The summed E-state index contributed by atoms with van der Waals surface area (Å²) in [4.78, 5) is 4.30. The fourth-order valence-corrected chi connectivity index (χ4v) is 1.71. The summed E-state index contributed by atoms with van der Waals surface area (Å²) in [7, 11) is 5.67. The molecule has 0 amide bonds. The van der Waals surface area contributed by atoms with Crippen LogP contribution in [0, 0.1) is 0 Å². The van der Waals surface area contributed by atoms with Crippen LogP contribution in [0.3, 0.4) is 0 Å². The highest BCUT2D eigenvalue weighted by Crippen LogP contribution is 2.14. The standard InChI is InChI=1S/C8H8BN3OS/c9-6-5-10-12-2-1-7(11-8(6)12)14-4-3-13/h1-2,5,13H,3-4H2. The minimum atomic E-state index is 0.145. The summed E-state index contributed by atoms with van der Waals surface area (Å²) in [6.45, 7) is 0.145. The van der Waals surface area contributed by atoms with E-state index < -0.39 is 0 Å². The number of aliphatic hydroxyl groups excluding tert-OH is 1. The van der Waals surface area contributed by atoms with Gasteiger partial charge in [-0.1, -0.05) is 0 Å². The van der Waals surface area contributed by atoms with Crippen LogP contribution in [-0.4, -0.2) is 39.9 Å². The van der Waals surface area contributed by atoms with Gasteiger partial charge < -0.3 is 5.11 Å². The second-order valence-corrected chi connectivity index (χ2v) is 3.82. The van der Waals surface area contributed by atoms with E-state index in [1.807, 2.05) is 6.07 Å². The first kappa shape index (κ1) is 9.55. The Bertz CT molecular complexity index is 445. The average Bonchev–Trinajstić information content (AvgIpc) is 2.57. The molecule has 70 valence electrons. The normalized spacial score (nSPS) is 10.9. The van der Waals surface area contributed by atoms with Crippen molar-refractivity contribution < 1.29 is 5.11 Å². The first-order valence-electron chi connectivity index (χ1n) is 4.15. The molecule has 0 saturated heterocycles. The summed E-state index contributed by atoms with van der Waals surface area (Å²) >= 11 is 1.49. The number of thioether (sulfide) groups is 1. The number of rotatable bonds is 3. The minimum absolute atomic E-state index is 0.145. The quantitative estimate of drug-likeness (QED) is 0.421. The molecule has 2 heterocycles. The van der Waals surface area contributed by atoms with E-state index >= 15 is 0 Å². The third kappa shape index (κ3) is 1.76.